The van der Waals surface area contributed by atoms with Crippen LogP contribution in [0.5, 0.6) is 0 Å². The summed E-state index contributed by atoms with van der Waals surface area (Å²) >= 11 is 0. The molecule has 1 atom stereocenters. The van der Waals surface area contributed by atoms with Crippen LogP contribution in [0.3, 0.4) is 0 Å². The van der Waals surface area contributed by atoms with Crippen molar-refractivity contribution in [3.05, 3.63) is 29.8 Å². The summed E-state index contributed by atoms with van der Waals surface area (Å²) in [5.74, 6) is -1.00. The number of para-hydroxylation sites is 1. The Morgan fingerprint density at radius 1 is 1.44 bits per heavy atom. The maximum absolute atomic E-state index is 11.6. The third kappa shape index (κ3) is 2.82. The van der Waals surface area contributed by atoms with Gasteiger partial charge in [0, 0.05) is 12.8 Å². The van der Waals surface area contributed by atoms with Crippen LogP contribution in [-0.2, 0) is 9.53 Å². The van der Waals surface area contributed by atoms with Gasteiger partial charge >= 0.3 is 5.97 Å². The van der Waals surface area contributed by atoms with E-state index in [1.165, 1.54) is 7.11 Å². The molecule has 100 valence electrons. The molecule has 0 aromatic heterocycles. The largest absolute Gasteiger partial charge is 0.479 e. The van der Waals surface area contributed by atoms with Gasteiger partial charge in [-0.25, -0.2) is 4.79 Å². The maximum atomic E-state index is 11.6. The molecule has 0 aliphatic heterocycles. The van der Waals surface area contributed by atoms with E-state index < -0.39 is 11.5 Å². The van der Waals surface area contributed by atoms with Gasteiger partial charge in [0.15, 0.2) is 5.54 Å². The number of benzene rings is 1. The molecule has 4 nitrogen and oxygen atoms in total. The second-order valence-corrected chi connectivity index (χ2v) is 4.80. The number of rotatable bonds is 6. The number of carbonyl (C=O) groups is 1. The standard InChI is InChI=1S/C14H21NO3/c1-10(2)14(9-18-4,13(16)17)15-12-8-6-5-7-11(12)3/h5-8,10,15H,9H2,1-4H3,(H,16,17). The summed E-state index contributed by atoms with van der Waals surface area (Å²) in [6.07, 6.45) is 0. The topological polar surface area (TPSA) is 58.6 Å². The third-order valence-corrected chi connectivity index (χ3v) is 3.24. The summed E-state index contributed by atoms with van der Waals surface area (Å²) in [5, 5.41) is 12.7. The smallest absolute Gasteiger partial charge is 0.332 e. The number of hydrogen-bond donors (Lipinski definition) is 2. The van der Waals surface area contributed by atoms with Crippen molar-refractivity contribution in [1.82, 2.24) is 0 Å². The molecule has 1 aromatic rings. The van der Waals surface area contributed by atoms with Crippen LogP contribution in [-0.4, -0.2) is 30.3 Å². The summed E-state index contributed by atoms with van der Waals surface area (Å²) in [6, 6.07) is 7.64. The average Bonchev–Trinajstić information content (AvgIpc) is 2.30. The van der Waals surface area contributed by atoms with Gasteiger partial charge in [-0.15, -0.1) is 0 Å². The summed E-state index contributed by atoms with van der Waals surface area (Å²) in [7, 11) is 1.51. The molecule has 1 unspecified atom stereocenters. The van der Waals surface area contributed by atoms with Gasteiger partial charge in [0.25, 0.3) is 0 Å². The number of carboxylic acid groups (broad SMARTS) is 1. The van der Waals surface area contributed by atoms with E-state index in [0.717, 1.165) is 11.3 Å². The minimum absolute atomic E-state index is 0.102. The van der Waals surface area contributed by atoms with Crippen molar-refractivity contribution in [2.75, 3.05) is 19.0 Å². The van der Waals surface area contributed by atoms with Gasteiger partial charge in [-0.1, -0.05) is 32.0 Å². The molecule has 0 radical (unpaired) electrons. The molecule has 0 amide bonds. The molecule has 4 heteroatoms. The lowest BCUT2D eigenvalue weighted by atomic mass is 9.86. The predicted molar refractivity (Wildman–Crippen MR) is 71.9 cm³/mol. The zero-order chi connectivity index (χ0) is 13.8. The quantitative estimate of drug-likeness (QED) is 0.815. The fourth-order valence-electron chi connectivity index (χ4n) is 1.89. The van der Waals surface area contributed by atoms with Crippen LogP contribution in [0.2, 0.25) is 0 Å². The van der Waals surface area contributed by atoms with Gasteiger partial charge in [0.05, 0.1) is 6.61 Å². The number of carboxylic acids is 1. The van der Waals surface area contributed by atoms with Crippen LogP contribution in [0.15, 0.2) is 24.3 Å². The van der Waals surface area contributed by atoms with Crippen molar-refractivity contribution in [3.8, 4) is 0 Å². The Morgan fingerprint density at radius 2 is 2.06 bits per heavy atom. The Labute approximate surface area is 108 Å². The van der Waals surface area contributed by atoms with E-state index in [0.29, 0.717) is 0 Å². The van der Waals surface area contributed by atoms with Gasteiger partial charge in [-0.2, -0.15) is 0 Å². The van der Waals surface area contributed by atoms with E-state index in [1.807, 2.05) is 45.0 Å². The first kappa shape index (κ1) is 14.5. The van der Waals surface area contributed by atoms with Crippen molar-refractivity contribution in [2.24, 2.45) is 5.92 Å². The molecule has 2 N–H and O–H groups in total. The van der Waals surface area contributed by atoms with Crippen LogP contribution < -0.4 is 5.32 Å². The van der Waals surface area contributed by atoms with Crippen molar-refractivity contribution in [3.63, 3.8) is 0 Å². The highest BCUT2D eigenvalue weighted by atomic mass is 16.5. The molecule has 0 bridgehead atoms. The minimum Gasteiger partial charge on any atom is -0.479 e. The molecular weight excluding hydrogens is 230 g/mol. The Bertz CT molecular complexity index is 417. The molecule has 0 heterocycles. The molecule has 0 aliphatic rings. The highest BCUT2D eigenvalue weighted by molar-refractivity contribution is 5.83. The zero-order valence-electron chi connectivity index (χ0n) is 11.4. The Hall–Kier alpha value is -1.55. The van der Waals surface area contributed by atoms with E-state index in [4.69, 9.17) is 4.74 Å². The fourth-order valence-corrected chi connectivity index (χ4v) is 1.89. The Balaban J connectivity index is 3.12. The Kier molecular flexibility index (Phi) is 4.73. The maximum Gasteiger partial charge on any atom is 0.332 e. The second kappa shape index (κ2) is 5.87. The SMILES string of the molecule is COCC(Nc1ccccc1C)(C(=O)O)C(C)C. The van der Waals surface area contributed by atoms with E-state index in [9.17, 15) is 9.90 Å². The van der Waals surface area contributed by atoms with Crippen LogP contribution in [0.1, 0.15) is 19.4 Å². The van der Waals surface area contributed by atoms with E-state index >= 15 is 0 Å². The molecule has 0 aliphatic carbocycles. The lowest BCUT2D eigenvalue weighted by molar-refractivity contribution is -0.146. The highest BCUT2D eigenvalue weighted by Gasteiger charge is 2.42. The van der Waals surface area contributed by atoms with Gasteiger partial charge in [0.2, 0.25) is 0 Å². The number of nitrogens with one attached hydrogen (secondary N) is 1. The van der Waals surface area contributed by atoms with E-state index in [2.05, 4.69) is 5.32 Å². The van der Waals surface area contributed by atoms with E-state index in [1.54, 1.807) is 0 Å². The van der Waals surface area contributed by atoms with Gasteiger partial charge in [-0.05, 0) is 24.5 Å². The first-order valence-corrected chi connectivity index (χ1v) is 6.00. The van der Waals surface area contributed by atoms with Gasteiger partial charge in [0.1, 0.15) is 0 Å². The van der Waals surface area contributed by atoms with Gasteiger partial charge in [-0.3, -0.25) is 0 Å². The second-order valence-electron chi connectivity index (χ2n) is 4.80. The fraction of sp³-hybridized carbons (Fsp3) is 0.500. The molecule has 0 saturated carbocycles. The van der Waals surface area contributed by atoms with Crippen LogP contribution in [0.25, 0.3) is 0 Å². The number of anilines is 1. The zero-order valence-corrected chi connectivity index (χ0v) is 11.4. The van der Waals surface area contributed by atoms with Crippen LogP contribution in [0.4, 0.5) is 5.69 Å². The van der Waals surface area contributed by atoms with E-state index in [-0.39, 0.29) is 12.5 Å². The third-order valence-electron chi connectivity index (χ3n) is 3.24. The van der Waals surface area contributed by atoms with Crippen molar-refractivity contribution in [2.45, 2.75) is 26.3 Å². The summed E-state index contributed by atoms with van der Waals surface area (Å²) in [4.78, 5) is 11.6. The summed E-state index contributed by atoms with van der Waals surface area (Å²) in [5.41, 5.74) is 0.728. The Morgan fingerprint density at radius 3 is 2.50 bits per heavy atom. The first-order valence-electron chi connectivity index (χ1n) is 6.00. The number of hydrogen-bond acceptors (Lipinski definition) is 3. The molecule has 18 heavy (non-hydrogen) atoms. The molecule has 0 fully saturated rings. The lowest BCUT2D eigenvalue weighted by Gasteiger charge is -2.35. The highest BCUT2D eigenvalue weighted by Crippen LogP contribution is 2.26. The normalized spacial score (nSPS) is 14.3. The average molecular weight is 251 g/mol. The van der Waals surface area contributed by atoms with Crippen LogP contribution >= 0.6 is 0 Å². The minimum atomic E-state index is -1.11. The summed E-state index contributed by atoms with van der Waals surface area (Å²) < 4.78 is 5.10. The number of aryl methyl sites for hydroxylation is 1. The van der Waals surface area contributed by atoms with Crippen molar-refractivity contribution < 1.29 is 14.6 Å². The predicted octanol–water partition coefficient (Wildman–Crippen LogP) is 2.53. The molecule has 1 rings (SSSR count). The molecular formula is C14H21NO3. The molecule has 1 aromatic carbocycles. The summed E-state index contributed by atoms with van der Waals surface area (Å²) in [6.45, 7) is 5.81. The number of aliphatic carboxylic acids is 1. The molecule has 0 saturated heterocycles. The van der Waals surface area contributed by atoms with Crippen LogP contribution in [0, 0.1) is 12.8 Å². The molecule has 0 spiro atoms. The number of ether oxygens (including phenoxy) is 1. The van der Waals surface area contributed by atoms with Gasteiger partial charge < -0.3 is 15.2 Å². The lowest BCUT2D eigenvalue weighted by Crippen LogP contribution is -2.54. The first-order chi connectivity index (χ1) is 8.44. The monoisotopic (exact) mass is 251 g/mol. The van der Waals surface area contributed by atoms with Crippen molar-refractivity contribution in [1.29, 1.82) is 0 Å². The van der Waals surface area contributed by atoms with Crippen molar-refractivity contribution >= 4 is 11.7 Å². The number of methoxy groups -OCH3 is 1.